The predicted molar refractivity (Wildman–Crippen MR) is 93.5 cm³/mol. The molecule has 24 heavy (non-hydrogen) atoms. The number of methoxy groups -OCH3 is 1. The van der Waals surface area contributed by atoms with Crippen LogP contribution < -0.4 is 10.1 Å². The van der Waals surface area contributed by atoms with Crippen molar-refractivity contribution in [3.63, 3.8) is 0 Å². The lowest BCUT2D eigenvalue weighted by Gasteiger charge is -2.22. The first-order valence-corrected chi connectivity index (χ1v) is 7.85. The van der Waals surface area contributed by atoms with Crippen molar-refractivity contribution < 1.29 is 9.13 Å². The van der Waals surface area contributed by atoms with E-state index in [2.05, 4.69) is 15.3 Å². The van der Waals surface area contributed by atoms with Gasteiger partial charge in [0, 0.05) is 32.4 Å². The third kappa shape index (κ3) is 5.22. The number of benzene rings is 1. The van der Waals surface area contributed by atoms with Gasteiger partial charge in [-0.2, -0.15) is 0 Å². The van der Waals surface area contributed by atoms with E-state index in [9.17, 15) is 4.39 Å². The van der Waals surface area contributed by atoms with Crippen LogP contribution in [-0.4, -0.2) is 36.5 Å². The number of aliphatic imine (C=N–C) groups is 1. The van der Waals surface area contributed by atoms with Crippen LogP contribution in [0.3, 0.4) is 0 Å². The Labute approximate surface area is 142 Å². The first-order valence-electron chi connectivity index (χ1n) is 7.85. The van der Waals surface area contributed by atoms with E-state index in [1.165, 1.54) is 12.1 Å². The molecule has 6 heteroatoms. The number of aromatic nitrogens is 1. The quantitative estimate of drug-likeness (QED) is 0.654. The van der Waals surface area contributed by atoms with Gasteiger partial charge in [-0.1, -0.05) is 18.2 Å². The van der Waals surface area contributed by atoms with E-state index in [-0.39, 0.29) is 5.82 Å². The maximum Gasteiger partial charge on any atom is 0.212 e. The molecule has 0 aliphatic heterocycles. The number of hydrogen-bond acceptors (Lipinski definition) is 3. The first kappa shape index (κ1) is 17.7. The minimum atomic E-state index is -0.228. The van der Waals surface area contributed by atoms with E-state index in [1.807, 2.05) is 31.0 Å². The van der Waals surface area contributed by atoms with Crippen molar-refractivity contribution in [1.29, 1.82) is 0 Å². The van der Waals surface area contributed by atoms with Gasteiger partial charge in [-0.25, -0.2) is 14.4 Å². The zero-order valence-electron chi connectivity index (χ0n) is 14.3. The largest absolute Gasteiger partial charge is 0.481 e. The molecule has 2 aromatic rings. The lowest BCUT2D eigenvalue weighted by Crippen LogP contribution is -2.38. The van der Waals surface area contributed by atoms with Crippen molar-refractivity contribution in [2.75, 3.05) is 20.7 Å². The summed E-state index contributed by atoms with van der Waals surface area (Å²) in [6, 6.07) is 10.3. The second kappa shape index (κ2) is 8.86. The van der Waals surface area contributed by atoms with Crippen molar-refractivity contribution in [3.05, 3.63) is 59.5 Å². The highest BCUT2D eigenvalue weighted by molar-refractivity contribution is 5.79. The molecule has 0 aliphatic rings. The Balaban J connectivity index is 2.04. The SMILES string of the molecule is CCNC(=NCc1ccc(OC)nc1)N(C)Cc1ccc(F)cc1. The summed E-state index contributed by atoms with van der Waals surface area (Å²) >= 11 is 0. The first-order chi connectivity index (χ1) is 11.6. The van der Waals surface area contributed by atoms with E-state index in [1.54, 1.807) is 25.4 Å². The monoisotopic (exact) mass is 330 g/mol. The number of guanidine groups is 1. The fraction of sp³-hybridized carbons (Fsp3) is 0.333. The summed E-state index contributed by atoms with van der Waals surface area (Å²) in [4.78, 5) is 10.8. The van der Waals surface area contributed by atoms with Crippen LogP contribution in [0, 0.1) is 5.82 Å². The van der Waals surface area contributed by atoms with Gasteiger partial charge in [0.05, 0.1) is 13.7 Å². The molecule has 0 saturated heterocycles. The third-order valence-corrected chi connectivity index (χ3v) is 3.45. The number of hydrogen-bond donors (Lipinski definition) is 1. The molecule has 1 aromatic carbocycles. The average molecular weight is 330 g/mol. The Morgan fingerprint density at radius 1 is 1.21 bits per heavy atom. The highest BCUT2D eigenvalue weighted by Gasteiger charge is 2.07. The lowest BCUT2D eigenvalue weighted by molar-refractivity contribution is 0.397. The van der Waals surface area contributed by atoms with Crippen LogP contribution in [-0.2, 0) is 13.1 Å². The maximum absolute atomic E-state index is 13.0. The summed E-state index contributed by atoms with van der Waals surface area (Å²) < 4.78 is 18.1. The molecule has 0 amide bonds. The molecule has 5 nitrogen and oxygen atoms in total. The van der Waals surface area contributed by atoms with E-state index < -0.39 is 0 Å². The van der Waals surface area contributed by atoms with Gasteiger partial charge in [0.2, 0.25) is 5.88 Å². The Hall–Kier alpha value is -2.63. The second-order valence-corrected chi connectivity index (χ2v) is 5.36. The molecule has 0 bridgehead atoms. The number of halogens is 1. The van der Waals surface area contributed by atoms with Gasteiger partial charge >= 0.3 is 0 Å². The van der Waals surface area contributed by atoms with E-state index >= 15 is 0 Å². The smallest absolute Gasteiger partial charge is 0.212 e. The molecule has 2 rings (SSSR count). The van der Waals surface area contributed by atoms with E-state index in [0.717, 1.165) is 23.6 Å². The summed E-state index contributed by atoms with van der Waals surface area (Å²) in [6.07, 6.45) is 1.76. The topological polar surface area (TPSA) is 49.8 Å². The van der Waals surface area contributed by atoms with E-state index in [4.69, 9.17) is 4.74 Å². The zero-order valence-corrected chi connectivity index (χ0v) is 14.3. The molecular formula is C18H23FN4O. The summed E-state index contributed by atoms with van der Waals surface area (Å²) in [7, 11) is 3.55. The van der Waals surface area contributed by atoms with Gasteiger partial charge in [-0.05, 0) is 30.2 Å². The zero-order chi connectivity index (χ0) is 17.4. The molecule has 1 N–H and O–H groups in total. The minimum absolute atomic E-state index is 0.228. The molecular weight excluding hydrogens is 307 g/mol. The van der Waals surface area contributed by atoms with Crippen LogP contribution in [0.1, 0.15) is 18.1 Å². The number of ether oxygens (including phenoxy) is 1. The summed E-state index contributed by atoms with van der Waals surface area (Å²) in [5.74, 6) is 1.15. The maximum atomic E-state index is 13.0. The third-order valence-electron chi connectivity index (χ3n) is 3.45. The fourth-order valence-electron chi connectivity index (χ4n) is 2.20. The molecule has 1 heterocycles. The molecule has 0 aliphatic carbocycles. The van der Waals surface area contributed by atoms with Crippen molar-refractivity contribution in [3.8, 4) is 5.88 Å². The molecule has 0 atom stereocenters. The number of rotatable bonds is 6. The van der Waals surface area contributed by atoms with Crippen LogP contribution >= 0.6 is 0 Å². The minimum Gasteiger partial charge on any atom is -0.481 e. The van der Waals surface area contributed by atoms with Gasteiger partial charge in [-0.15, -0.1) is 0 Å². The Morgan fingerprint density at radius 2 is 1.92 bits per heavy atom. The molecule has 0 unspecified atom stereocenters. The standard InChI is InChI=1S/C18H23FN4O/c1-4-20-18(22-12-15-7-10-17(24-3)21-11-15)23(2)13-14-5-8-16(19)9-6-14/h5-11H,4,12-13H2,1-3H3,(H,20,22). The molecule has 0 fully saturated rings. The van der Waals surface area contributed by atoms with Crippen molar-refractivity contribution in [2.45, 2.75) is 20.0 Å². The van der Waals surface area contributed by atoms with Crippen molar-refractivity contribution >= 4 is 5.96 Å². The van der Waals surface area contributed by atoms with Crippen LogP contribution in [0.15, 0.2) is 47.6 Å². The van der Waals surface area contributed by atoms with Crippen LogP contribution in [0.4, 0.5) is 4.39 Å². The second-order valence-electron chi connectivity index (χ2n) is 5.36. The lowest BCUT2D eigenvalue weighted by atomic mass is 10.2. The molecule has 0 spiro atoms. The Morgan fingerprint density at radius 3 is 2.50 bits per heavy atom. The van der Waals surface area contributed by atoms with Crippen LogP contribution in [0.25, 0.3) is 0 Å². The highest BCUT2D eigenvalue weighted by atomic mass is 19.1. The highest BCUT2D eigenvalue weighted by Crippen LogP contribution is 2.09. The molecule has 0 saturated carbocycles. The van der Waals surface area contributed by atoms with Crippen molar-refractivity contribution in [1.82, 2.24) is 15.2 Å². The average Bonchev–Trinajstić information content (AvgIpc) is 2.61. The van der Waals surface area contributed by atoms with Crippen molar-refractivity contribution in [2.24, 2.45) is 4.99 Å². The Bertz CT molecular complexity index is 656. The van der Waals surface area contributed by atoms with Crippen LogP contribution in [0.5, 0.6) is 5.88 Å². The fourth-order valence-corrected chi connectivity index (χ4v) is 2.20. The molecule has 128 valence electrons. The predicted octanol–water partition coefficient (Wildman–Crippen LogP) is 2.83. The number of nitrogens with zero attached hydrogens (tertiary/aromatic N) is 3. The van der Waals surface area contributed by atoms with Gasteiger partial charge in [0.15, 0.2) is 5.96 Å². The van der Waals surface area contributed by atoms with Gasteiger partial charge in [-0.3, -0.25) is 0 Å². The Kier molecular flexibility index (Phi) is 6.54. The summed E-state index contributed by atoms with van der Waals surface area (Å²) in [5.41, 5.74) is 2.03. The molecule has 0 radical (unpaired) electrons. The van der Waals surface area contributed by atoms with Gasteiger partial charge < -0.3 is 15.0 Å². The summed E-state index contributed by atoms with van der Waals surface area (Å²) in [6.45, 7) is 3.96. The molecule has 1 aromatic heterocycles. The number of pyridine rings is 1. The number of nitrogens with one attached hydrogen (secondary N) is 1. The van der Waals surface area contributed by atoms with E-state index in [0.29, 0.717) is 19.0 Å². The summed E-state index contributed by atoms with van der Waals surface area (Å²) in [5, 5.41) is 3.26. The normalized spacial score (nSPS) is 11.2. The van der Waals surface area contributed by atoms with Gasteiger partial charge in [0.25, 0.3) is 0 Å². The van der Waals surface area contributed by atoms with Crippen LogP contribution in [0.2, 0.25) is 0 Å². The van der Waals surface area contributed by atoms with Gasteiger partial charge in [0.1, 0.15) is 5.82 Å².